The average molecular weight is 515 g/mol. The minimum Gasteiger partial charge on any atom is -0.378 e. The highest BCUT2D eigenvalue weighted by atomic mass is 35.5. The van der Waals surface area contributed by atoms with Gasteiger partial charge in [-0.1, -0.05) is 17.7 Å². The van der Waals surface area contributed by atoms with Crippen LogP contribution in [0.15, 0.2) is 42.5 Å². The van der Waals surface area contributed by atoms with Crippen molar-refractivity contribution in [3.8, 4) is 0 Å². The summed E-state index contributed by atoms with van der Waals surface area (Å²) in [5, 5.41) is 15.7. The highest BCUT2D eigenvalue weighted by molar-refractivity contribution is 7.80. The Balaban J connectivity index is 1.73. The largest absolute Gasteiger partial charge is 0.416 e. The number of alkyl halides is 3. The van der Waals surface area contributed by atoms with E-state index >= 15 is 0 Å². The lowest BCUT2D eigenvalue weighted by Crippen LogP contribution is -2.38. The second-order valence-electron chi connectivity index (χ2n) is 7.07. The maximum atomic E-state index is 13.2. The Labute approximate surface area is 202 Å². The predicted molar refractivity (Wildman–Crippen MR) is 126 cm³/mol. The summed E-state index contributed by atoms with van der Waals surface area (Å²) < 4.78 is 45.0. The summed E-state index contributed by atoms with van der Waals surface area (Å²) in [6, 6.07) is 7.24. The Kier molecular flexibility index (Phi) is 8.07. The second-order valence-corrected chi connectivity index (χ2v) is 7.89. The quantitative estimate of drug-likeness (QED) is 0.260. The summed E-state index contributed by atoms with van der Waals surface area (Å²) in [7, 11) is 0. The van der Waals surface area contributed by atoms with Gasteiger partial charge >= 0.3 is 6.18 Å². The van der Waals surface area contributed by atoms with Crippen molar-refractivity contribution in [2.45, 2.75) is 6.18 Å². The summed E-state index contributed by atoms with van der Waals surface area (Å²) in [5.41, 5.74) is -0.277. The minimum absolute atomic E-state index is 0.0471. The van der Waals surface area contributed by atoms with E-state index < -0.39 is 22.6 Å². The first kappa shape index (κ1) is 25.4. The van der Waals surface area contributed by atoms with Gasteiger partial charge in [0.15, 0.2) is 5.11 Å². The number of rotatable bonds is 5. The van der Waals surface area contributed by atoms with Crippen LogP contribution in [0.5, 0.6) is 0 Å². The summed E-state index contributed by atoms with van der Waals surface area (Å²) in [5.74, 6) is -0.685. The molecule has 8 nitrogen and oxygen atoms in total. The molecule has 3 rings (SSSR count). The van der Waals surface area contributed by atoms with Crippen LogP contribution < -0.4 is 15.5 Å². The number of benzene rings is 2. The number of carbonyl (C=O) groups is 1. The number of nitro benzene ring substituents is 1. The molecule has 0 saturated carbocycles. The smallest absolute Gasteiger partial charge is 0.378 e. The zero-order valence-corrected chi connectivity index (χ0v) is 19.0. The van der Waals surface area contributed by atoms with Crippen LogP contribution in [0.3, 0.4) is 0 Å². The second kappa shape index (κ2) is 10.8. The van der Waals surface area contributed by atoms with Gasteiger partial charge in [0, 0.05) is 25.2 Å². The van der Waals surface area contributed by atoms with Crippen LogP contribution in [0, 0.1) is 10.1 Å². The molecule has 1 amide bonds. The van der Waals surface area contributed by atoms with Crippen molar-refractivity contribution in [1.29, 1.82) is 0 Å². The molecular weight excluding hydrogens is 497 g/mol. The van der Waals surface area contributed by atoms with Gasteiger partial charge in [-0.3, -0.25) is 20.2 Å². The minimum atomic E-state index is -4.56. The fourth-order valence-corrected chi connectivity index (χ4v) is 3.54. The third-order valence-electron chi connectivity index (χ3n) is 4.75. The topological polar surface area (TPSA) is 96.7 Å². The number of hydrogen-bond acceptors (Lipinski definition) is 6. The summed E-state index contributed by atoms with van der Waals surface area (Å²) >= 11 is 10.9. The molecule has 180 valence electrons. The molecule has 1 aliphatic heterocycles. The maximum absolute atomic E-state index is 13.2. The molecule has 0 aromatic heterocycles. The monoisotopic (exact) mass is 514 g/mol. The number of hydrogen-bond donors (Lipinski definition) is 2. The molecule has 1 heterocycles. The van der Waals surface area contributed by atoms with E-state index in [1.165, 1.54) is 30.3 Å². The molecule has 0 atom stereocenters. The van der Waals surface area contributed by atoms with Gasteiger partial charge in [0.05, 0.1) is 35.1 Å². The van der Waals surface area contributed by atoms with Crippen molar-refractivity contribution in [3.63, 3.8) is 0 Å². The number of halogens is 4. The fourth-order valence-electron chi connectivity index (χ4n) is 3.14. The van der Waals surface area contributed by atoms with Crippen molar-refractivity contribution < 1.29 is 27.6 Å². The molecule has 0 radical (unpaired) electrons. The molecule has 13 heteroatoms. The lowest BCUT2D eigenvalue weighted by atomic mass is 10.1. The van der Waals surface area contributed by atoms with Crippen LogP contribution >= 0.6 is 23.8 Å². The Morgan fingerprint density at radius 1 is 1.21 bits per heavy atom. The number of nitro groups is 1. The maximum Gasteiger partial charge on any atom is 0.416 e. The predicted octanol–water partition coefficient (Wildman–Crippen LogP) is 4.63. The van der Waals surface area contributed by atoms with Crippen molar-refractivity contribution >= 4 is 58.0 Å². The van der Waals surface area contributed by atoms with E-state index in [-0.39, 0.29) is 21.5 Å². The number of anilines is 2. The lowest BCUT2D eigenvalue weighted by molar-refractivity contribution is -0.384. The Hall–Kier alpha value is -3.22. The van der Waals surface area contributed by atoms with E-state index in [2.05, 4.69) is 10.6 Å². The number of carbonyl (C=O) groups excluding carboxylic acids is 1. The van der Waals surface area contributed by atoms with E-state index in [0.717, 1.165) is 18.2 Å². The van der Waals surface area contributed by atoms with Crippen LogP contribution in [0.25, 0.3) is 6.08 Å². The molecule has 0 unspecified atom stereocenters. The number of nitrogens with one attached hydrogen (secondary N) is 2. The molecule has 2 aromatic carbocycles. The summed E-state index contributed by atoms with van der Waals surface area (Å²) in [6.45, 7) is 1.81. The number of amides is 1. The molecule has 0 aliphatic carbocycles. The molecule has 1 fully saturated rings. The molecule has 1 aliphatic rings. The first-order valence-electron chi connectivity index (χ1n) is 9.82. The Morgan fingerprint density at radius 3 is 2.56 bits per heavy atom. The zero-order chi connectivity index (χ0) is 24.9. The molecular formula is C21H18ClF3N4O4S. The Bertz CT molecular complexity index is 1140. The number of morpholine rings is 1. The lowest BCUT2D eigenvalue weighted by Gasteiger charge is -2.31. The van der Waals surface area contributed by atoms with Crippen LogP contribution in [-0.2, 0) is 15.7 Å². The molecule has 0 spiro atoms. The first-order valence-corrected chi connectivity index (χ1v) is 10.6. The number of thiocarbonyl (C=S) groups is 1. The van der Waals surface area contributed by atoms with Crippen molar-refractivity contribution in [1.82, 2.24) is 5.32 Å². The van der Waals surface area contributed by atoms with E-state index in [1.807, 2.05) is 4.90 Å². The highest BCUT2D eigenvalue weighted by Crippen LogP contribution is 2.35. The standard InChI is InChI=1S/C21H18ClF3N4O4S/c22-15-4-1-13(11-18(15)29(31)32)2-6-19(30)27-20(34)26-16-12-14(21(23,24)25)3-5-17(16)28-7-9-33-10-8-28/h1-6,11-12H,7-10H2,(H2,26,27,30,34)/b6-2+. The first-order chi connectivity index (χ1) is 16.0. The van der Waals surface area contributed by atoms with Gasteiger partial charge in [-0.2, -0.15) is 13.2 Å². The van der Waals surface area contributed by atoms with Gasteiger partial charge in [0.2, 0.25) is 5.91 Å². The van der Waals surface area contributed by atoms with Crippen LogP contribution in [0.2, 0.25) is 5.02 Å². The van der Waals surface area contributed by atoms with E-state index in [1.54, 1.807) is 0 Å². The van der Waals surface area contributed by atoms with Crippen LogP contribution in [0.1, 0.15) is 11.1 Å². The average Bonchev–Trinajstić information content (AvgIpc) is 2.78. The summed E-state index contributed by atoms with van der Waals surface area (Å²) in [6.07, 6.45) is -2.17. The fraction of sp³-hybridized carbons (Fsp3) is 0.238. The molecule has 2 N–H and O–H groups in total. The van der Waals surface area contributed by atoms with Crippen molar-refractivity contribution in [2.24, 2.45) is 0 Å². The molecule has 1 saturated heterocycles. The molecule has 34 heavy (non-hydrogen) atoms. The number of ether oxygens (including phenoxy) is 1. The van der Waals surface area contributed by atoms with Crippen LogP contribution in [0.4, 0.5) is 30.2 Å². The van der Waals surface area contributed by atoms with Crippen LogP contribution in [-0.4, -0.2) is 42.2 Å². The highest BCUT2D eigenvalue weighted by Gasteiger charge is 2.31. The number of nitrogens with zero attached hydrogens (tertiary/aromatic N) is 2. The third-order valence-corrected chi connectivity index (χ3v) is 5.28. The van der Waals surface area contributed by atoms with Gasteiger partial charge in [-0.15, -0.1) is 0 Å². The normalized spacial score (nSPS) is 14.2. The van der Waals surface area contributed by atoms with Gasteiger partial charge in [0.1, 0.15) is 5.02 Å². The molecule has 0 bridgehead atoms. The third kappa shape index (κ3) is 6.65. The summed E-state index contributed by atoms with van der Waals surface area (Å²) in [4.78, 5) is 24.4. The Morgan fingerprint density at radius 2 is 1.91 bits per heavy atom. The van der Waals surface area contributed by atoms with Gasteiger partial charge in [-0.05, 0) is 48.1 Å². The van der Waals surface area contributed by atoms with Crippen molar-refractivity contribution in [3.05, 3.63) is 68.7 Å². The van der Waals surface area contributed by atoms with E-state index in [4.69, 9.17) is 28.6 Å². The SMILES string of the molecule is O=C(/C=C/c1ccc(Cl)c([N+](=O)[O-])c1)NC(=S)Nc1cc(C(F)(F)F)ccc1N1CCOCC1. The van der Waals surface area contributed by atoms with E-state index in [9.17, 15) is 28.1 Å². The zero-order valence-electron chi connectivity index (χ0n) is 17.4. The van der Waals surface area contributed by atoms with Gasteiger partial charge in [0.25, 0.3) is 5.69 Å². The van der Waals surface area contributed by atoms with Crippen molar-refractivity contribution in [2.75, 3.05) is 36.5 Å². The van der Waals surface area contributed by atoms with Gasteiger partial charge in [-0.25, -0.2) is 0 Å². The van der Waals surface area contributed by atoms with Gasteiger partial charge < -0.3 is 15.0 Å². The molecule has 2 aromatic rings. The van der Waals surface area contributed by atoms with E-state index in [0.29, 0.717) is 37.6 Å².